The van der Waals surface area contributed by atoms with Crippen LogP contribution in [-0.2, 0) is 0 Å². The molecule has 0 spiro atoms. The number of likely N-dealkylation sites (tertiary alicyclic amines) is 1. The van der Waals surface area contributed by atoms with Crippen LogP contribution in [-0.4, -0.2) is 56.5 Å². The summed E-state index contributed by atoms with van der Waals surface area (Å²) in [4.78, 5) is 18.9. The summed E-state index contributed by atoms with van der Waals surface area (Å²) in [6, 6.07) is 11.0. The molecule has 3 N–H and O–H groups in total. The molecule has 1 unspecified atom stereocenters. The minimum absolute atomic E-state index is 0.126. The molecule has 0 saturated carbocycles. The number of aliphatic imine (C=N–C) groups is 1. The first-order valence-electron chi connectivity index (χ1n) is 10.4. The topological polar surface area (TPSA) is 81.9 Å². The van der Waals surface area contributed by atoms with Gasteiger partial charge in [-0.1, -0.05) is 18.0 Å². The molecule has 3 rings (SSSR count). The Morgan fingerprint density at radius 2 is 1.83 bits per heavy atom. The lowest BCUT2D eigenvalue weighted by molar-refractivity contribution is 0.0954. The summed E-state index contributed by atoms with van der Waals surface area (Å²) in [5.41, 5.74) is 0.588. The highest BCUT2D eigenvalue weighted by Crippen LogP contribution is 2.24. The minimum atomic E-state index is -0.126. The smallest absolute Gasteiger partial charge is 0.251 e. The summed E-state index contributed by atoms with van der Waals surface area (Å²) in [5, 5.41) is 10.1. The van der Waals surface area contributed by atoms with Crippen LogP contribution < -0.4 is 16.0 Å². The molecule has 1 aliphatic heterocycles. The van der Waals surface area contributed by atoms with E-state index >= 15 is 0 Å². The van der Waals surface area contributed by atoms with Gasteiger partial charge in [0, 0.05) is 37.3 Å². The van der Waals surface area contributed by atoms with Gasteiger partial charge in [-0.2, -0.15) is 0 Å². The molecule has 1 aromatic carbocycles. The number of piperidine rings is 1. The van der Waals surface area contributed by atoms with E-state index in [0.717, 1.165) is 18.8 Å². The van der Waals surface area contributed by atoms with Crippen LogP contribution in [0.4, 0.5) is 0 Å². The molecule has 0 radical (unpaired) electrons. The normalized spacial score (nSPS) is 16.1. The summed E-state index contributed by atoms with van der Waals surface area (Å²) in [6.45, 7) is 3.90. The van der Waals surface area contributed by atoms with Crippen LogP contribution in [0.25, 0.3) is 0 Å². The Bertz CT molecular complexity index is 801. The fourth-order valence-electron chi connectivity index (χ4n) is 3.59. The van der Waals surface area contributed by atoms with Crippen molar-refractivity contribution in [2.45, 2.75) is 25.3 Å². The van der Waals surface area contributed by atoms with Crippen molar-refractivity contribution in [3.63, 3.8) is 0 Å². The lowest BCUT2D eigenvalue weighted by Crippen LogP contribution is -2.46. The maximum absolute atomic E-state index is 12.1. The first-order chi connectivity index (χ1) is 14.7. The molecular formula is C22H30ClN5O2. The molecule has 1 amide bonds. The van der Waals surface area contributed by atoms with Gasteiger partial charge in [-0.3, -0.25) is 14.7 Å². The number of nitrogens with zero attached hydrogens (tertiary/aromatic N) is 2. The molecule has 162 valence electrons. The van der Waals surface area contributed by atoms with E-state index in [-0.39, 0.29) is 11.9 Å². The summed E-state index contributed by atoms with van der Waals surface area (Å²) >= 11 is 5.86. The average molecular weight is 432 g/mol. The Labute approximate surface area is 182 Å². The fraction of sp³-hybridized carbons (Fsp3) is 0.455. The number of hydrogen-bond acceptors (Lipinski definition) is 4. The third-order valence-electron chi connectivity index (χ3n) is 5.20. The summed E-state index contributed by atoms with van der Waals surface area (Å²) < 4.78 is 5.69. The Morgan fingerprint density at radius 3 is 2.50 bits per heavy atom. The molecule has 7 nitrogen and oxygen atoms in total. The molecule has 1 aliphatic rings. The molecule has 30 heavy (non-hydrogen) atoms. The second kappa shape index (κ2) is 11.6. The number of benzene rings is 1. The second-order valence-corrected chi connectivity index (χ2v) is 7.71. The van der Waals surface area contributed by atoms with Crippen molar-refractivity contribution >= 4 is 23.5 Å². The van der Waals surface area contributed by atoms with Crippen molar-refractivity contribution in [1.82, 2.24) is 20.9 Å². The third kappa shape index (κ3) is 6.50. The zero-order chi connectivity index (χ0) is 21.2. The Kier molecular flexibility index (Phi) is 8.59. The Morgan fingerprint density at radius 1 is 1.10 bits per heavy atom. The minimum Gasteiger partial charge on any atom is -0.468 e. The quantitative estimate of drug-likeness (QED) is 0.340. The van der Waals surface area contributed by atoms with Crippen LogP contribution in [0.1, 0.15) is 41.4 Å². The van der Waals surface area contributed by atoms with Gasteiger partial charge in [0.15, 0.2) is 5.96 Å². The SMILES string of the molecule is CN=C(NCCNC(=O)c1ccc(Cl)cc1)NCC(c1ccco1)N1CCCCC1. The zero-order valence-corrected chi connectivity index (χ0v) is 18.1. The van der Waals surface area contributed by atoms with Crippen molar-refractivity contribution < 1.29 is 9.21 Å². The highest BCUT2D eigenvalue weighted by Gasteiger charge is 2.24. The molecule has 1 atom stereocenters. The van der Waals surface area contributed by atoms with Crippen LogP contribution in [0, 0.1) is 0 Å². The molecular weight excluding hydrogens is 402 g/mol. The summed E-state index contributed by atoms with van der Waals surface area (Å²) in [7, 11) is 1.74. The standard InChI is InChI=1S/C22H30ClN5O2/c1-24-22(26-12-11-25-21(29)17-7-9-18(23)10-8-17)27-16-19(20-6-5-15-30-20)28-13-3-2-4-14-28/h5-10,15,19H,2-4,11-14,16H2,1H3,(H,25,29)(H2,24,26,27). The molecule has 1 aromatic heterocycles. The van der Waals surface area contributed by atoms with Gasteiger partial charge >= 0.3 is 0 Å². The first-order valence-corrected chi connectivity index (χ1v) is 10.8. The molecule has 0 aliphatic carbocycles. The van der Waals surface area contributed by atoms with Crippen LogP contribution in [0.15, 0.2) is 52.1 Å². The fourth-order valence-corrected chi connectivity index (χ4v) is 3.72. The van der Waals surface area contributed by atoms with Gasteiger partial charge in [0.25, 0.3) is 5.91 Å². The Balaban J connectivity index is 1.44. The van der Waals surface area contributed by atoms with Gasteiger partial charge in [0.1, 0.15) is 5.76 Å². The van der Waals surface area contributed by atoms with E-state index in [0.29, 0.717) is 36.2 Å². The second-order valence-electron chi connectivity index (χ2n) is 7.27. The zero-order valence-electron chi connectivity index (χ0n) is 17.4. The average Bonchev–Trinajstić information content (AvgIpc) is 3.31. The van der Waals surface area contributed by atoms with Crippen LogP contribution >= 0.6 is 11.6 Å². The molecule has 2 heterocycles. The number of carbonyl (C=O) groups is 1. The van der Waals surface area contributed by atoms with Crippen molar-refractivity contribution in [2.24, 2.45) is 4.99 Å². The monoisotopic (exact) mass is 431 g/mol. The molecule has 2 aromatic rings. The van der Waals surface area contributed by atoms with Gasteiger partial charge in [0.2, 0.25) is 0 Å². The van der Waals surface area contributed by atoms with Gasteiger partial charge < -0.3 is 20.4 Å². The van der Waals surface area contributed by atoms with Crippen molar-refractivity contribution in [3.8, 4) is 0 Å². The van der Waals surface area contributed by atoms with Crippen LogP contribution in [0.5, 0.6) is 0 Å². The van der Waals surface area contributed by atoms with Gasteiger partial charge in [0.05, 0.1) is 12.3 Å². The van der Waals surface area contributed by atoms with Crippen LogP contribution in [0.2, 0.25) is 5.02 Å². The number of hydrogen-bond donors (Lipinski definition) is 3. The lowest BCUT2D eigenvalue weighted by Gasteiger charge is -2.33. The van der Waals surface area contributed by atoms with E-state index in [1.54, 1.807) is 37.6 Å². The van der Waals surface area contributed by atoms with Gasteiger partial charge in [-0.25, -0.2) is 0 Å². The predicted molar refractivity (Wildman–Crippen MR) is 120 cm³/mol. The maximum Gasteiger partial charge on any atom is 0.251 e. The maximum atomic E-state index is 12.1. The van der Waals surface area contributed by atoms with E-state index in [2.05, 4.69) is 25.8 Å². The van der Waals surface area contributed by atoms with E-state index in [1.807, 2.05) is 12.1 Å². The first kappa shape index (κ1) is 22.2. The van der Waals surface area contributed by atoms with E-state index in [9.17, 15) is 4.79 Å². The van der Waals surface area contributed by atoms with Crippen molar-refractivity contribution in [3.05, 3.63) is 59.0 Å². The number of amides is 1. The van der Waals surface area contributed by atoms with Crippen LogP contribution in [0.3, 0.4) is 0 Å². The van der Waals surface area contributed by atoms with E-state index in [4.69, 9.17) is 16.0 Å². The summed E-state index contributed by atoms with van der Waals surface area (Å²) in [6.07, 6.45) is 5.46. The Hall–Kier alpha value is -2.51. The largest absolute Gasteiger partial charge is 0.468 e. The number of halogens is 1. The van der Waals surface area contributed by atoms with Gasteiger partial charge in [-0.15, -0.1) is 0 Å². The number of nitrogens with one attached hydrogen (secondary N) is 3. The molecule has 8 heteroatoms. The number of rotatable bonds is 8. The lowest BCUT2D eigenvalue weighted by atomic mass is 10.1. The van der Waals surface area contributed by atoms with E-state index < -0.39 is 0 Å². The third-order valence-corrected chi connectivity index (χ3v) is 5.45. The molecule has 1 fully saturated rings. The van der Waals surface area contributed by atoms with E-state index in [1.165, 1.54) is 19.3 Å². The number of furan rings is 1. The number of carbonyl (C=O) groups excluding carboxylic acids is 1. The molecule has 0 bridgehead atoms. The highest BCUT2D eigenvalue weighted by atomic mass is 35.5. The van der Waals surface area contributed by atoms with Crippen molar-refractivity contribution in [1.29, 1.82) is 0 Å². The number of guanidine groups is 1. The summed E-state index contributed by atoms with van der Waals surface area (Å²) in [5.74, 6) is 1.54. The predicted octanol–water partition coefficient (Wildman–Crippen LogP) is 3.06. The van der Waals surface area contributed by atoms with Gasteiger partial charge in [-0.05, 0) is 62.3 Å². The molecule has 1 saturated heterocycles. The van der Waals surface area contributed by atoms with Crippen molar-refractivity contribution in [2.75, 3.05) is 39.8 Å². The highest BCUT2D eigenvalue weighted by molar-refractivity contribution is 6.30.